The van der Waals surface area contributed by atoms with Crippen LogP contribution in [0.4, 0.5) is 0 Å². The van der Waals surface area contributed by atoms with Crippen molar-refractivity contribution in [2.75, 3.05) is 13.1 Å². The van der Waals surface area contributed by atoms with Crippen LogP contribution in [-0.4, -0.2) is 38.8 Å². The van der Waals surface area contributed by atoms with Gasteiger partial charge in [0, 0.05) is 18.7 Å². The Kier molecular flexibility index (Phi) is 4.36. The summed E-state index contributed by atoms with van der Waals surface area (Å²) in [6, 6.07) is 0. The molecule has 2 heterocycles. The van der Waals surface area contributed by atoms with Gasteiger partial charge in [0.2, 0.25) is 0 Å². The molecule has 5 heteroatoms. The first-order valence-corrected chi connectivity index (χ1v) is 6.72. The second kappa shape index (κ2) is 6.00. The monoisotopic (exact) mass is 251 g/mol. The molecule has 0 amide bonds. The van der Waals surface area contributed by atoms with Crippen molar-refractivity contribution in [2.45, 2.75) is 45.7 Å². The summed E-state index contributed by atoms with van der Waals surface area (Å²) in [5, 5.41) is 13.4. The van der Waals surface area contributed by atoms with Gasteiger partial charge in [-0.05, 0) is 32.9 Å². The summed E-state index contributed by atoms with van der Waals surface area (Å²) in [7, 11) is 0. The first-order valence-electron chi connectivity index (χ1n) is 6.72. The summed E-state index contributed by atoms with van der Waals surface area (Å²) in [6.07, 6.45) is 6.71. The van der Waals surface area contributed by atoms with E-state index in [2.05, 4.69) is 10.00 Å². The number of aromatic carboxylic acids is 1. The molecule has 18 heavy (non-hydrogen) atoms. The van der Waals surface area contributed by atoms with Crippen molar-refractivity contribution in [1.82, 2.24) is 14.7 Å². The van der Waals surface area contributed by atoms with E-state index in [1.807, 2.05) is 6.92 Å². The van der Waals surface area contributed by atoms with Crippen LogP contribution in [0.1, 0.15) is 48.7 Å². The Labute approximate surface area is 107 Å². The molecule has 1 aliphatic rings. The predicted octanol–water partition coefficient (Wildman–Crippen LogP) is 1.98. The van der Waals surface area contributed by atoms with Crippen LogP contribution in [0.2, 0.25) is 0 Å². The van der Waals surface area contributed by atoms with E-state index >= 15 is 0 Å². The lowest BCUT2D eigenvalue weighted by molar-refractivity contribution is 0.0681. The quantitative estimate of drug-likeness (QED) is 0.889. The van der Waals surface area contributed by atoms with Gasteiger partial charge in [0.1, 0.15) is 0 Å². The summed E-state index contributed by atoms with van der Waals surface area (Å²) in [5.41, 5.74) is 1.19. The van der Waals surface area contributed by atoms with Crippen LogP contribution in [0.3, 0.4) is 0 Å². The zero-order chi connectivity index (χ0) is 13.0. The summed E-state index contributed by atoms with van der Waals surface area (Å²) in [6.45, 7) is 5.35. The molecule has 0 unspecified atom stereocenters. The van der Waals surface area contributed by atoms with E-state index in [0.29, 0.717) is 18.8 Å². The van der Waals surface area contributed by atoms with Crippen molar-refractivity contribution in [3.8, 4) is 0 Å². The van der Waals surface area contributed by atoms with Gasteiger partial charge in [0.05, 0.1) is 6.20 Å². The van der Waals surface area contributed by atoms with Gasteiger partial charge < -0.3 is 5.11 Å². The van der Waals surface area contributed by atoms with Crippen LogP contribution in [-0.2, 0) is 13.1 Å². The van der Waals surface area contributed by atoms with Crippen molar-refractivity contribution in [1.29, 1.82) is 0 Å². The molecule has 0 bridgehead atoms. The van der Waals surface area contributed by atoms with Crippen LogP contribution >= 0.6 is 0 Å². The summed E-state index contributed by atoms with van der Waals surface area (Å²) in [4.78, 5) is 13.6. The molecule has 1 fully saturated rings. The molecule has 0 saturated carbocycles. The summed E-state index contributed by atoms with van der Waals surface area (Å²) < 4.78 is 1.56. The molecule has 1 N–H and O–H groups in total. The molecule has 0 aromatic carbocycles. The SMILES string of the molecule is CCn1ncc(CN2CCCCCC2)c1C(=O)O. The van der Waals surface area contributed by atoms with Gasteiger partial charge in [-0.3, -0.25) is 9.58 Å². The maximum Gasteiger partial charge on any atom is 0.354 e. The highest BCUT2D eigenvalue weighted by molar-refractivity contribution is 5.87. The number of aromatic nitrogens is 2. The standard InChI is InChI=1S/C13H21N3O2/c1-2-16-12(13(17)18)11(9-14-16)10-15-7-5-3-4-6-8-15/h9H,2-8,10H2,1H3,(H,17,18). The zero-order valence-corrected chi connectivity index (χ0v) is 10.9. The van der Waals surface area contributed by atoms with Crippen molar-refractivity contribution in [3.63, 3.8) is 0 Å². The third kappa shape index (κ3) is 2.90. The number of rotatable bonds is 4. The van der Waals surface area contributed by atoms with Crippen LogP contribution in [0.15, 0.2) is 6.20 Å². The van der Waals surface area contributed by atoms with E-state index in [-0.39, 0.29) is 0 Å². The number of aryl methyl sites for hydroxylation is 1. The van der Waals surface area contributed by atoms with E-state index < -0.39 is 5.97 Å². The number of likely N-dealkylation sites (tertiary alicyclic amines) is 1. The zero-order valence-electron chi connectivity index (χ0n) is 10.9. The van der Waals surface area contributed by atoms with Crippen molar-refractivity contribution < 1.29 is 9.90 Å². The van der Waals surface area contributed by atoms with Crippen LogP contribution in [0.5, 0.6) is 0 Å². The number of hydrogen-bond acceptors (Lipinski definition) is 3. The van der Waals surface area contributed by atoms with Gasteiger partial charge in [-0.15, -0.1) is 0 Å². The first kappa shape index (κ1) is 13.1. The van der Waals surface area contributed by atoms with Gasteiger partial charge in [-0.1, -0.05) is 12.8 Å². The second-order valence-electron chi connectivity index (χ2n) is 4.83. The first-order chi connectivity index (χ1) is 8.72. The molecule has 0 spiro atoms. The predicted molar refractivity (Wildman–Crippen MR) is 68.6 cm³/mol. The third-order valence-electron chi connectivity index (χ3n) is 3.51. The summed E-state index contributed by atoms with van der Waals surface area (Å²) in [5.74, 6) is -0.876. The Morgan fingerprint density at radius 1 is 1.33 bits per heavy atom. The molecular weight excluding hydrogens is 230 g/mol. The molecule has 0 radical (unpaired) electrons. The number of carboxylic acid groups (broad SMARTS) is 1. The van der Waals surface area contributed by atoms with Gasteiger partial charge in [-0.25, -0.2) is 4.79 Å². The normalized spacial score (nSPS) is 17.6. The van der Waals surface area contributed by atoms with Crippen LogP contribution in [0.25, 0.3) is 0 Å². The molecule has 100 valence electrons. The smallest absolute Gasteiger partial charge is 0.354 e. The van der Waals surface area contributed by atoms with E-state index in [0.717, 1.165) is 18.7 Å². The molecule has 0 atom stereocenters. The van der Waals surface area contributed by atoms with Gasteiger partial charge in [-0.2, -0.15) is 5.10 Å². The van der Waals surface area contributed by atoms with E-state index in [4.69, 9.17) is 0 Å². The molecule has 0 aliphatic carbocycles. The maximum atomic E-state index is 11.3. The third-order valence-corrected chi connectivity index (χ3v) is 3.51. The fraction of sp³-hybridized carbons (Fsp3) is 0.692. The molecule has 1 saturated heterocycles. The average molecular weight is 251 g/mol. The molecular formula is C13H21N3O2. The molecule has 5 nitrogen and oxygen atoms in total. The van der Waals surface area contributed by atoms with E-state index in [1.165, 1.54) is 25.7 Å². The van der Waals surface area contributed by atoms with Crippen LogP contribution < -0.4 is 0 Å². The number of carbonyl (C=O) groups is 1. The maximum absolute atomic E-state index is 11.3. The molecule has 1 aromatic heterocycles. The van der Waals surface area contributed by atoms with E-state index in [9.17, 15) is 9.90 Å². The Morgan fingerprint density at radius 3 is 2.56 bits per heavy atom. The Balaban J connectivity index is 2.12. The Hall–Kier alpha value is -1.36. The minimum atomic E-state index is -0.876. The Bertz CT molecular complexity index is 406. The molecule has 2 rings (SSSR count). The minimum absolute atomic E-state index is 0.349. The second-order valence-corrected chi connectivity index (χ2v) is 4.83. The Morgan fingerprint density at radius 2 is 2.00 bits per heavy atom. The van der Waals surface area contributed by atoms with Crippen LogP contribution in [0, 0.1) is 0 Å². The number of hydrogen-bond donors (Lipinski definition) is 1. The molecule has 1 aliphatic heterocycles. The lowest BCUT2D eigenvalue weighted by Gasteiger charge is -2.19. The summed E-state index contributed by atoms with van der Waals surface area (Å²) >= 11 is 0. The topological polar surface area (TPSA) is 58.4 Å². The minimum Gasteiger partial charge on any atom is -0.477 e. The largest absolute Gasteiger partial charge is 0.477 e. The van der Waals surface area contributed by atoms with Crippen molar-refractivity contribution in [2.24, 2.45) is 0 Å². The number of nitrogens with zero attached hydrogens (tertiary/aromatic N) is 3. The lowest BCUT2D eigenvalue weighted by Crippen LogP contribution is -2.25. The highest BCUT2D eigenvalue weighted by Crippen LogP contribution is 2.16. The van der Waals surface area contributed by atoms with E-state index in [1.54, 1.807) is 10.9 Å². The van der Waals surface area contributed by atoms with Crippen molar-refractivity contribution in [3.05, 3.63) is 17.5 Å². The highest BCUT2D eigenvalue weighted by Gasteiger charge is 2.19. The lowest BCUT2D eigenvalue weighted by atomic mass is 10.2. The van der Waals surface area contributed by atoms with Gasteiger partial charge in [0.15, 0.2) is 5.69 Å². The fourth-order valence-electron chi connectivity index (χ4n) is 2.56. The fourth-order valence-corrected chi connectivity index (χ4v) is 2.56. The average Bonchev–Trinajstić information content (AvgIpc) is 2.57. The van der Waals surface area contributed by atoms with Gasteiger partial charge >= 0.3 is 5.97 Å². The van der Waals surface area contributed by atoms with Crippen molar-refractivity contribution >= 4 is 5.97 Å². The molecule has 1 aromatic rings. The number of carboxylic acids is 1. The van der Waals surface area contributed by atoms with Gasteiger partial charge in [0.25, 0.3) is 0 Å². The highest BCUT2D eigenvalue weighted by atomic mass is 16.4.